The molecule has 0 bridgehead atoms. The summed E-state index contributed by atoms with van der Waals surface area (Å²) < 4.78 is 0. The van der Waals surface area contributed by atoms with E-state index in [-0.39, 0.29) is 50.6 Å². The second-order valence-corrected chi connectivity index (χ2v) is 16.1. The first kappa shape index (κ1) is 28.3. The Bertz CT molecular complexity index is 1690. The largest absolute Gasteiger partial charge is 0.507 e. The van der Waals surface area contributed by atoms with Gasteiger partial charge in [0, 0.05) is 54.1 Å². The predicted molar refractivity (Wildman–Crippen MR) is 167 cm³/mol. The molecule has 0 radical (unpaired) electrons. The lowest BCUT2D eigenvalue weighted by Crippen LogP contribution is -2.49. The Morgan fingerprint density at radius 1 is 0.605 bits per heavy atom. The fourth-order valence-corrected chi connectivity index (χ4v) is 8.58. The highest BCUT2D eigenvalue weighted by Gasteiger charge is 2.53. The van der Waals surface area contributed by atoms with E-state index in [2.05, 4.69) is 51.3 Å². The van der Waals surface area contributed by atoms with Gasteiger partial charge in [-0.05, 0) is 59.0 Å². The van der Waals surface area contributed by atoms with Crippen LogP contribution in [0.25, 0.3) is 5.57 Å². The zero-order chi connectivity index (χ0) is 31.2. The number of hydrogen-bond acceptors (Lipinski definition) is 7. The number of nitrogens with zero attached hydrogens (tertiary/aromatic N) is 2. The number of phenols is 1. The number of phenolic OH excluding ortho intramolecular Hbond substituents is 1. The third kappa shape index (κ3) is 3.54. The summed E-state index contributed by atoms with van der Waals surface area (Å²) in [5.74, 6) is -1.42. The third-order valence-corrected chi connectivity index (χ3v) is 11.5. The number of aliphatic hydroxyl groups excluding tert-OH is 2. The maximum absolute atomic E-state index is 14.3. The van der Waals surface area contributed by atoms with Gasteiger partial charge in [-0.2, -0.15) is 0 Å². The molecule has 0 unspecified atom stereocenters. The van der Waals surface area contributed by atoms with Crippen molar-refractivity contribution in [2.75, 3.05) is 31.1 Å². The summed E-state index contributed by atoms with van der Waals surface area (Å²) in [6.45, 7) is 20.2. The molecule has 6 aliphatic rings. The molecule has 1 fully saturated rings. The highest BCUT2D eigenvalue weighted by atomic mass is 16.3. The van der Waals surface area contributed by atoms with E-state index in [0.29, 0.717) is 16.7 Å². The van der Waals surface area contributed by atoms with E-state index in [4.69, 9.17) is 0 Å². The van der Waals surface area contributed by atoms with E-state index in [1.807, 2.05) is 19.9 Å². The zero-order valence-corrected chi connectivity index (χ0v) is 26.8. The van der Waals surface area contributed by atoms with E-state index in [1.54, 1.807) is 0 Å². The van der Waals surface area contributed by atoms with Crippen molar-refractivity contribution in [2.24, 2.45) is 10.8 Å². The first-order valence-electron chi connectivity index (χ1n) is 15.8. The number of aromatic hydroxyl groups is 1. The summed E-state index contributed by atoms with van der Waals surface area (Å²) in [5, 5.41) is 35.2. The Labute approximate surface area is 254 Å². The molecule has 1 aromatic rings. The topological polar surface area (TPSA) is 101 Å². The van der Waals surface area contributed by atoms with Crippen molar-refractivity contribution in [3.8, 4) is 5.75 Å². The fourth-order valence-electron chi connectivity index (χ4n) is 8.58. The summed E-state index contributed by atoms with van der Waals surface area (Å²) in [5.41, 5.74) is 3.72. The Kier molecular flexibility index (Phi) is 5.50. The van der Waals surface area contributed by atoms with Crippen LogP contribution in [-0.2, 0) is 20.4 Å². The van der Waals surface area contributed by atoms with Gasteiger partial charge in [-0.25, -0.2) is 0 Å². The third-order valence-electron chi connectivity index (χ3n) is 11.5. The normalized spacial score (nSPS) is 28.2. The van der Waals surface area contributed by atoms with Crippen LogP contribution in [0.15, 0.2) is 45.6 Å². The highest BCUT2D eigenvalue weighted by Crippen LogP contribution is 2.58. The van der Waals surface area contributed by atoms with E-state index in [0.717, 1.165) is 74.4 Å². The first-order chi connectivity index (χ1) is 19.9. The molecular weight excluding hydrogens is 540 g/mol. The van der Waals surface area contributed by atoms with E-state index in [1.165, 1.54) is 0 Å². The van der Waals surface area contributed by atoms with Gasteiger partial charge in [0.05, 0.1) is 22.4 Å². The molecule has 4 heterocycles. The molecule has 0 atom stereocenters. The van der Waals surface area contributed by atoms with Gasteiger partial charge in [-0.1, -0.05) is 55.4 Å². The molecule has 43 heavy (non-hydrogen) atoms. The summed E-state index contributed by atoms with van der Waals surface area (Å²) in [6.07, 6.45) is 3.38. The van der Waals surface area contributed by atoms with E-state index >= 15 is 0 Å². The van der Waals surface area contributed by atoms with Gasteiger partial charge in [0.2, 0.25) is 5.78 Å². The van der Waals surface area contributed by atoms with Crippen LogP contribution in [0, 0.1) is 10.8 Å². The minimum atomic E-state index is -0.516. The van der Waals surface area contributed by atoms with Crippen molar-refractivity contribution in [1.29, 1.82) is 0 Å². The number of benzene rings is 1. The maximum Gasteiger partial charge on any atom is 0.202 e. The van der Waals surface area contributed by atoms with Gasteiger partial charge < -0.3 is 25.1 Å². The zero-order valence-electron chi connectivity index (χ0n) is 26.8. The van der Waals surface area contributed by atoms with Crippen LogP contribution in [0.4, 0.5) is 5.69 Å². The molecule has 0 spiro atoms. The molecular formula is C36H44N2O5. The molecule has 0 amide bonds. The molecule has 7 rings (SSSR count). The van der Waals surface area contributed by atoms with Crippen molar-refractivity contribution in [2.45, 2.75) is 91.9 Å². The lowest BCUT2D eigenvalue weighted by atomic mass is 9.62. The molecule has 228 valence electrons. The van der Waals surface area contributed by atoms with E-state index < -0.39 is 16.6 Å². The van der Waals surface area contributed by atoms with E-state index in [9.17, 15) is 24.9 Å². The average Bonchev–Trinajstić information content (AvgIpc) is 2.89. The minimum absolute atomic E-state index is 0.0186. The number of carbonyl (C=O) groups is 2. The molecule has 0 saturated carbocycles. The van der Waals surface area contributed by atoms with Gasteiger partial charge >= 0.3 is 0 Å². The lowest BCUT2D eigenvalue weighted by molar-refractivity contribution is -0.115. The Morgan fingerprint density at radius 2 is 1.12 bits per heavy atom. The Balaban J connectivity index is 1.47. The molecule has 4 aliphatic heterocycles. The van der Waals surface area contributed by atoms with Gasteiger partial charge in [0.25, 0.3) is 0 Å². The number of rotatable bonds is 1. The van der Waals surface area contributed by atoms with Gasteiger partial charge in [-0.15, -0.1) is 0 Å². The number of aliphatic hydroxyl groups is 2. The van der Waals surface area contributed by atoms with Crippen molar-refractivity contribution >= 4 is 22.8 Å². The van der Waals surface area contributed by atoms with Crippen LogP contribution in [0.1, 0.15) is 97.8 Å². The van der Waals surface area contributed by atoms with Gasteiger partial charge in [0.15, 0.2) is 5.78 Å². The number of anilines is 1. The molecule has 7 heteroatoms. The van der Waals surface area contributed by atoms with Crippen LogP contribution in [0.5, 0.6) is 5.75 Å². The van der Waals surface area contributed by atoms with Crippen molar-refractivity contribution in [3.63, 3.8) is 0 Å². The SMILES string of the molecule is CC1(C)CCN2CCC(C)(C)C3=C2C1=C(O)C(=C1C(=O)C(c2cc4c5c(c2O)C(C)(C)CCN5CCC4(C)C)=C1O)C3=O. The molecule has 2 aliphatic carbocycles. The van der Waals surface area contributed by atoms with Gasteiger partial charge in [-0.3, -0.25) is 9.59 Å². The monoisotopic (exact) mass is 584 g/mol. The van der Waals surface area contributed by atoms with Crippen molar-refractivity contribution in [3.05, 3.63) is 62.3 Å². The second kappa shape index (κ2) is 8.36. The quantitative estimate of drug-likeness (QED) is 0.323. The van der Waals surface area contributed by atoms with Crippen LogP contribution in [0.2, 0.25) is 0 Å². The highest BCUT2D eigenvalue weighted by molar-refractivity contribution is 6.42. The summed E-state index contributed by atoms with van der Waals surface area (Å²) in [6, 6.07) is 1.88. The first-order valence-corrected chi connectivity index (χ1v) is 15.8. The standard InChI is InChI=1S/C36H44N2O5/c1-33(2)9-13-37-14-10-34(3,4)23-26(37)19(33)17-18(28(23)39)20-29(40)21(30(20)41)22-31(42)24-27-25(32(22)43)36(7,8)12-16-38(27)15-11-35(24,5)6/h17,39-40,42H,9-16H2,1-8H3. The van der Waals surface area contributed by atoms with Crippen LogP contribution in [0.3, 0.4) is 0 Å². The number of ketones is 2. The van der Waals surface area contributed by atoms with Crippen LogP contribution < -0.4 is 4.90 Å². The predicted octanol–water partition coefficient (Wildman–Crippen LogP) is 6.52. The van der Waals surface area contributed by atoms with Crippen molar-refractivity contribution < 1.29 is 24.9 Å². The number of carbonyl (C=O) groups excluding carboxylic acids is 2. The molecule has 1 aromatic carbocycles. The minimum Gasteiger partial charge on any atom is -0.507 e. The van der Waals surface area contributed by atoms with Crippen molar-refractivity contribution in [1.82, 2.24) is 4.90 Å². The number of hydrogen-bond donors (Lipinski definition) is 3. The number of Topliss-reactive ketones (excluding diaryl/α,β-unsaturated/α-hetero) is 2. The van der Waals surface area contributed by atoms with Gasteiger partial charge in [0.1, 0.15) is 17.3 Å². The van der Waals surface area contributed by atoms with Crippen LogP contribution >= 0.6 is 0 Å². The molecule has 1 saturated heterocycles. The molecule has 3 N–H and O–H groups in total. The smallest absolute Gasteiger partial charge is 0.202 e. The maximum atomic E-state index is 14.3. The number of piperidine rings is 1. The summed E-state index contributed by atoms with van der Waals surface area (Å²) >= 11 is 0. The molecule has 7 nitrogen and oxygen atoms in total. The summed E-state index contributed by atoms with van der Waals surface area (Å²) in [7, 11) is 0. The van der Waals surface area contributed by atoms with Crippen LogP contribution in [-0.4, -0.2) is 58.0 Å². The Morgan fingerprint density at radius 3 is 1.72 bits per heavy atom. The lowest BCUT2D eigenvalue weighted by Gasteiger charge is -2.51. The fraction of sp³-hybridized carbons (Fsp3) is 0.556. The number of allylic oxidation sites excluding steroid dienone is 5. The molecule has 0 aromatic heterocycles. The second-order valence-electron chi connectivity index (χ2n) is 16.1. The summed E-state index contributed by atoms with van der Waals surface area (Å²) in [4.78, 5) is 33.0. The average molecular weight is 585 g/mol. The Hall–Kier alpha value is -3.48.